The first kappa shape index (κ1) is 10.0. The molecule has 0 aliphatic carbocycles. The molecular formula is C9H14ClNS. The third kappa shape index (κ3) is 2.22. The molecule has 2 N–H and O–H groups in total. The summed E-state index contributed by atoms with van der Waals surface area (Å²) in [5.41, 5.74) is 6.01. The highest BCUT2D eigenvalue weighted by Gasteiger charge is 2.14. The fourth-order valence-electron chi connectivity index (χ4n) is 1.04. The van der Waals surface area contributed by atoms with Crippen molar-refractivity contribution in [3.05, 3.63) is 21.3 Å². The zero-order valence-electron chi connectivity index (χ0n) is 7.38. The van der Waals surface area contributed by atoms with Gasteiger partial charge in [0.05, 0.1) is 4.34 Å². The average molecular weight is 204 g/mol. The minimum absolute atomic E-state index is 0.146. The van der Waals surface area contributed by atoms with Crippen molar-refractivity contribution in [1.29, 1.82) is 0 Å². The third-order valence-electron chi connectivity index (χ3n) is 2.18. The highest BCUT2D eigenvalue weighted by molar-refractivity contribution is 7.16. The predicted molar refractivity (Wildman–Crippen MR) is 55.7 cm³/mol. The molecule has 12 heavy (non-hydrogen) atoms. The fraction of sp³-hybridized carbons (Fsp3) is 0.556. The molecule has 1 aromatic heterocycles. The van der Waals surface area contributed by atoms with Gasteiger partial charge in [0.1, 0.15) is 0 Å². The number of hydrogen-bond donors (Lipinski definition) is 1. The maximum atomic E-state index is 6.01. The lowest BCUT2D eigenvalue weighted by Crippen LogP contribution is -2.16. The van der Waals surface area contributed by atoms with E-state index in [1.54, 1.807) is 11.3 Å². The van der Waals surface area contributed by atoms with Crippen LogP contribution in [0.4, 0.5) is 0 Å². The average Bonchev–Trinajstić information content (AvgIpc) is 2.49. The molecule has 0 bridgehead atoms. The summed E-state index contributed by atoms with van der Waals surface area (Å²) >= 11 is 7.40. The minimum atomic E-state index is 0.146. The molecule has 0 fully saturated rings. The van der Waals surface area contributed by atoms with Crippen LogP contribution in [0.1, 0.15) is 31.2 Å². The van der Waals surface area contributed by atoms with E-state index in [2.05, 4.69) is 13.8 Å². The van der Waals surface area contributed by atoms with Crippen LogP contribution in [-0.4, -0.2) is 0 Å². The molecule has 68 valence electrons. The Morgan fingerprint density at radius 3 is 2.67 bits per heavy atom. The van der Waals surface area contributed by atoms with Gasteiger partial charge in [0.15, 0.2) is 0 Å². The number of halogens is 1. The highest BCUT2D eigenvalue weighted by Crippen LogP contribution is 2.30. The second kappa shape index (κ2) is 4.26. The molecule has 0 spiro atoms. The van der Waals surface area contributed by atoms with Gasteiger partial charge < -0.3 is 5.73 Å². The number of thiophene rings is 1. The number of rotatable bonds is 3. The van der Waals surface area contributed by atoms with Crippen LogP contribution >= 0.6 is 22.9 Å². The normalized spacial score (nSPS) is 16.0. The van der Waals surface area contributed by atoms with Gasteiger partial charge in [0.2, 0.25) is 0 Å². The van der Waals surface area contributed by atoms with E-state index in [0.29, 0.717) is 5.92 Å². The van der Waals surface area contributed by atoms with Crippen LogP contribution in [0, 0.1) is 5.92 Å². The van der Waals surface area contributed by atoms with Crippen LogP contribution in [0.25, 0.3) is 0 Å². The summed E-state index contributed by atoms with van der Waals surface area (Å²) in [6.45, 7) is 4.32. The van der Waals surface area contributed by atoms with Crippen molar-refractivity contribution in [2.75, 3.05) is 0 Å². The minimum Gasteiger partial charge on any atom is -0.323 e. The van der Waals surface area contributed by atoms with E-state index in [1.165, 1.54) is 4.88 Å². The SMILES string of the molecule is CCC(C)[C@@H](N)c1ccc(Cl)s1. The molecule has 1 nitrogen and oxygen atoms in total. The zero-order valence-corrected chi connectivity index (χ0v) is 8.95. The quantitative estimate of drug-likeness (QED) is 0.800. The molecule has 0 amide bonds. The molecule has 1 aromatic rings. The van der Waals surface area contributed by atoms with Crippen molar-refractivity contribution < 1.29 is 0 Å². The van der Waals surface area contributed by atoms with Gasteiger partial charge in [-0.2, -0.15) is 0 Å². The van der Waals surface area contributed by atoms with Gasteiger partial charge in [-0.15, -0.1) is 11.3 Å². The third-order valence-corrected chi connectivity index (χ3v) is 3.51. The first-order chi connectivity index (χ1) is 5.65. The smallest absolute Gasteiger partial charge is 0.0931 e. The summed E-state index contributed by atoms with van der Waals surface area (Å²) < 4.78 is 0.823. The van der Waals surface area contributed by atoms with Crippen molar-refractivity contribution in [3.8, 4) is 0 Å². The molecule has 1 rings (SSSR count). The van der Waals surface area contributed by atoms with E-state index in [0.717, 1.165) is 10.8 Å². The molecule has 1 unspecified atom stereocenters. The summed E-state index contributed by atoms with van der Waals surface area (Å²) in [7, 11) is 0. The van der Waals surface area contributed by atoms with Crippen LogP contribution in [0.3, 0.4) is 0 Å². The Bertz CT molecular complexity index is 246. The van der Waals surface area contributed by atoms with Gasteiger partial charge in [-0.3, -0.25) is 0 Å². The topological polar surface area (TPSA) is 26.0 Å². The van der Waals surface area contributed by atoms with E-state index in [-0.39, 0.29) is 6.04 Å². The summed E-state index contributed by atoms with van der Waals surface area (Å²) in [4.78, 5) is 1.19. The Balaban J connectivity index is 2.70. The summed E-state index contributed by atoms with van der Waals surface area (Å²) in [6.07, 6.45) is 1.11. The Morgan fingerprint density at radius 2 is 2.25 bits per heavy atom. The first-order valence-corrected chi connectivity index (χ1v) is 5.35. The number of nitrogens with two attached hydrogens (primary N) is 1. The summed E-state index contributed by atoms with van der Waals surface area (Å²) in [6, 6.07) is 4.07. The molecule has 0 aliphatic rings. The van der Waals surface area contributed by atoms with Gasteiger partial charge in [0, 0.05) is 10.9 Å². The maximum absolute atomic E-state index is 6.01. The molecule has 0 aliphatic heterocycles. The molecule has 1 heterocycles. The predicted octanol–water partition coefficient (Wildman–Crippen LogP) is 3.45. The maximum Gasteiger partial charge on any atom is 0.0931 e. The van der Waals surface area contributed by atoms with E-state index in [4.69, 9.17) is 17.3 Å². The lowest BCUT2D eigenvalue weighted by atomic mass is 9.99. The van der Waals surface area contributed by atoms with Crippen molar-refractivity contribution in [2.45, 2.75) is 26.3 Å². The number of hydrogen-bond acceptors (Lipinski definition) is 2. The van der Waals surface area contributed by atoms with Gasteiger partial charge in [-0.25, -0.2) is 0 Å². The second-order valence-electron chi connectivity index (χ2n) is 3.05. The Labute approximate surface area is 82.5 Å². The first-order valence-electron chi connectivity index (χ1n) is 4.16. The van der Waals surface area contributed by atoms with Crippen molar-refractivity contribution >= 4 is 22.9 Å². The molecule has 3 heteroatoms. The standard InChI is InChI=1S/C9H14ClNS/c1-3-6(2)9(11)7-4-5-8(10)12-7/h4-6,9H,3,11H2,1-2H3/t6?,9-/m1/s1. The molecular weight excluding hydrogens is 190 g/mol. The van der Waals surface area contributed by atoms with Gasteiger partial charge in [-0.05, 0) is 18.1 Å². The zero-order chi connectivity index (χ0) is 9.14. The largest absolute Gasteiger partial charge is 0.323 e. The second-order valence-corrected chi connectivity index (χ2v) is 4.80. The Kier molecular flexibility index (Phi) is 3.56. The Morgan fingerprint density at radius 1 is 1.58 bits per heavy atom. The lowest BCUT2D eigenvalue weighted by molar-refractivity contribution is 0.462. The highest BCUT2D eigenvalue weighted by atomic mass is 35.5. The molecule has 0 radical (unpaired) electrons. The van der Waals surface area contributed by atoms with E-state index in [1.807, 2.05) is 12.1 Å². The van der Waals surface area contributed by atoms with Crippen LogP contribution in [0.15, 0.2) is 12.1 Å². The molecule has 2 atom stereocenters. The van der Waals surface area contributed by atoms with E-state index < -0.39 is 0 Å². The van der Waals surface area contributed by atoms with Gasteiger partial charge in [0.25, 0.3) is 0 Å². The van der Waals surface area contributed by atoms with Crippen LogP contribution in [-0.2, 0) is 0 Å². The van der Waals surface area contributed by atoms with Gasteiger partial charge in [-0.1, -0.05) is 31.9 Å². The lowest BCUT2D eigenvalue weighted by Gasteiger charge is -2.16. The van der Waals surface area contributed by atoms with E-state index in [9.17, 15) is 0 Å². The van der Waals surface area contributed by atoms with Crippen molar-refractivity contribution in [1.82, 2.24) is 0 Å². The molecule has 0 saturated carbocycles. The fourth-order valence-corrected chi connectivity index (χ4v) is 2.24. The summed E-state index contributed by atoms with van der Waals surface area (Å²) in [5, 5.41) is 0. The van der Waals surface area contributed by atoms with Crippen molar-refractivity contribution in [3.63, 3.8) is 0 Å². The van der Waals surface area contributed by atoms with Gasteiger partial charge >= 0.3 is 0 Å². The van der Waals surface area contributed by atoms with Crippen LogP contribution in [0.2, 0.25) is 4.34 Å². The van der Waals surface area contributed by atoms with Crippen molar-refractivity contribution in [2.24, 2.45) is 11.7 Å². The van der Waals surface area contributed by atoms with Crippen LogP contribution < -0.4 is 5.73 Å². The van der Waals surface area contributed by atoms with E-state index >= 15 is 0 Å². The monoisotopic (exact) mass is 203 g/mol. The van der Waals surface area contributed by atoms with Crippen LogP contribution in [0.5, 0.6) is 0 Å². The Hall–Kier alpha value is -0.0500. The molecule has 0 aromatic carbocycles. The summed E-state index contributed by atoms with van der Waals surface area (Å²) in [5.74, 6) is 0.528. The molecule has 0 saturated heterocycles.